The smallest absolute Gasteiger partial charge is 0.182 e. The molecule has 0 radical (unpaired) electrons. The second-order valence-electron chi connectivity index (χ2n) is 6.91. The molecule has 0 spiro atoms. The van der Waals surface area contributed by atoms with Gasteiger partial charge in [-0.2, -0.15) is 0 Å². The summed E-state index contributed by atoms with van der Waals surface area (Å²) in [5.74, 6) is 0.896. The van der Waals surface area contributed by atoms with E-state index in [4.69, 9.17) is 9.15 Å². The van der Waals surface area contributed by atoms with Crippen molar-refractivity contribution >= 4 is 38.1 Å². The fourth-order valence-corrected chi connectivity index (χ4v) is 3.73. The van der Waals surface area contributed by atoms with Crippen molar-refractivity contribution < 1.29 is 19.4 Å². The highest BCUT2D eigenvalue weighted by Gasteiger charge is 2.20. The highest BCUT2D eigenvalue weighted by Crippen LogP contribution is 2.45. The Bertz CT molecular complexity index is 1360. The van der Waals surface area contributed by atoms with Crippen LogP contribution in [-0.4, -0.2) is 17.3 Å². The Morgan fingerprint density at radius 3 is 2.36 bits per heavy atom. The standard InChI is InChI=1S/C23H20O5/c1-5-11(2)18-10-17(26)19-12(3)6-13-7-14-8-15(24)9-16(25)20(14)22(27-4)21(13)23(19)28-18/h5-10,25-26H,1-4H3/b11-5+. The topological polar surface area (TPSA) is 79.9 Å². The monoisotopic (exact) mass is 376 g/mol. The molecule has 1 heterocycles. The highest BCUT2D eigenvalue weighted by atomic mass is 16.5. The van der Waals surface area contributed by atoms with Crippen LogP contribution in [-0.2, 0) is 0 Å². The zero-order valence-electron chi connectivity index (χ0n) is 16.1. The lowest BCUT2D eigenvalue weighted by atomic mass is 9.96. The molecule has 0 aliphatic carbocycles. The van der Waals surface area contributed by atoms with E-state index in [0.717, 1.165) is 22.6 Å². The maximum absolute atomic E-state index is 11.9. The second-order valence-corrected chi connectivity index (χ2v) is 6.91. The molecule has 3 aromatic carbocycles. The molecule has 1 aromatic heterocycles. The van der Waals surface area contributed by atoms with Gasteiger partial charge in [0, 0.05) is 12.1 Å². The Morgan fingerprint density at radius 2 is 1.68 bits per heavy atom. The van der Waals surface area contributed by atoms with E-state index in [0.29, 0.717) is 38.6 Å². The number of methoxy groups -OCH3 is 1. The molecule has 2 N–H and O–H groups in total. The van der Waals surface area contributed by atoms with E-state index in [-0.39, 0.29) is 16.9 Å². The molecular formula is C23H20O5. The molecule has 0 fully saturated rings. The van der Waals surface area contributed by atoms with Crippen LogP contribution < -0.4 is 10.2 Å². The van der Waals surface area contributed by atoms with Crippen LogP contribution >= 0.6 is 0 Å². The third-order valence-corrected chi connectivity index (χ3v) is 5.16. The quantitative estimate of drug-likeness (QED) is 0.369. The Hall–Kier alpha value is -3.47. The number of aryl methyl sites for hydroxylation is 1. The van der Waals surface area contributed by atoms with Gasteiger partial charge in [-0.15, -0.1) is 0 Å². The highest BCUT2D eigenvalue weighted by molar-refractivity contribution is 6.17. The number of hydrogen-bond donors (Lipinski definition) is 2. The van der Waals surface area contributed by atoms with Crippen LogP contribution in [0.1, 0.15) is 25.2 Å². The van der Waals surface area contributed by atoms with Gasteiger partial charge < -0.3 is 19.4 Å². The van der Waals surface area contributed by atoms with Gasteiger partial charge in [-0.25, -0.2) is 0 Å². The average molecular weight is 376 g/mol. The van der Waals surface area contributed by atoms with Crippen molar-refractivity contribution in [2.24, 2.45) is 0 Å². The summed E-state index contributed by atoms with van der Waals surface area (Å²) in [4.78, 5) is 11.9. The summed E-state index contributed by atoms with van der Waals surface area (Å²) in [6.45, 7) is 5.68. The summed E-state index contributed by atoms with van der Waals surface area (Å²) in [5.41, 5.74) is 1.90. The van der Waals surface area contributed by atoms with E-state index >= 15 is 0 Å². The fraction of sp³-hybridized carbons (Fsp3) is 0.174. The van der Waals surface area contributed by atoms with Gasteiger partial charge in [0.05, 0.1) is 23.3 Å². The van der Waals surface area contributed by atoms with Crippen LogP contribution in [0.2, 0.25) is 0 Å². The number of phenols is 1. The molecule has 142 valence electrons. The van der Waals surface area contributed by atoms with Crippen LogP contribution in [0, 0.1) is 6.92 Å². The first-order valence-corrected chi connectivity index (χ1v) is 8.92. The van der Waals surface area contributed by atoms with Crippen LogP contribution in [0.4, 0.5) is 0 Å². The van der Waals surface area contributed by atoms with Crippen LogP contribution in [0.3, 0.4) is 0 Å². The summed E-state index contributed by atoms with van der Waals surface area (Å²) >= 11 is 0. The third kappa shape index (κ3) is 2.51. The lowest BCUT2D eigenvalue weighted by molar-refractivity contribution is 0.420. The first kappa shape index (κ1) is 17.9. The third-order valence-electron chi connectivity index (χ3n) is 5.16. The fourth-order valence-electron chi connectivity index (χ4n) is 3.73. The Labute approximate surface area is 161 Å². The molecule has 4 rings (SSSR count). The predicted molar refractivity (Wildman–Crippen MR) is 111 cm³/mol. The lowest BCUT2D eigenvalue weighted by Gasteiger charge is -2.16. The molecule has 0 amide bonds. The molecule has 0 saturated carbocycles. The van der Waals surface area contributed by atoms with Crippen LogP contribution in [0.5, 0.6) is 17.2 Å². The Balaban J connectivity index is 2.33. The van der Waals surface area contributed by atoms with Gasteiger partial charge in [0.25, 0.3) is 0 Å². The van der Waals surface area contributed by atoms with Gasteiger partial charge in [-0.05, 0) is 54.8 Å². The summed E-state index contributed by atoms with van der Waals surface area (Å²) in [5, 5.41) is 24.1. The first-order valence-electron chi connectivity index (χ1n) is 8.92. The number of phenolic OH excluding ortho intramolecular Hbond substituents is 1. The number of benzene rings is 3. The molecule has 5 nitrogen and oxygen atoms in total. The van der Waals surface area contributed by atoms with Crippen molar-refractivity contribution in [3.63, 3.8) is 0 Å². The van der Waals surface area contributed by atoms with Crippen molar-refractivity contribution in [2.75, 3.05) is 7.11 Å². The largest absolute Gasteiger partial charge is 0.507 e. The van der Waals surface area contributed by atoms with Crippen LogP contribution in [0.25, 0.3) is 38.1 Å². The second kappa shape index (κ2) is 6.30. The summed E-state index contributed by atoms with van der Waals surface area (Å²) in [6, 6.07) is 7.96. The van der Waals surface area contributed by atoms with Gasteiger partial charge >= 0.3 is 0 Å². The Kier molecular flexibility index (Phi) is 4.03. The summed E-state index contributed by atoms with van der Waals surface area (Å²) in [7, 11) is 1.51. The Morgan fingerprint density at radius 1 is 1.00 bits per heavy atom. The van der Waals surface area contributed by atoms with Crippen molar-refractivity contribution in [1.82, 2.24) is 0 Å². The number of ether oxygens (including phenoxy) is 1. The van der Waals surface area contributed by atoms with Crippen molar-refractivity contribution in [1.29, 1.82) is 0 Å². The molecule has 0 bridgehead atoms. The number of aromatic hydroxyl groups is 2. The maximum Gasteiger partial charge on any atom is 0.182 e. The van der Waals surface area contributed by atoms with Gasteiger partial charge in [0.15, 0.2) is 5.43 Å². The average Bonchev–Trinajstić information content (AvgIpc) is 2.64. The maximum atomic E-state index is 11.9. The molecule has 28 heavy (non-hydrogen) atoms. The molecule has 0 unspecified atom stereocenters. The van der Waals surface area contributed by atoms with Crippen molar-refractivity contribution in [2.45, 2.75) is 20.8 Å². The normalized spacial score (nSPS) is 12.2. The molecule has 5 heteroatoms. The van der Waals surface area contributed by atoms with E-state index in [2.05, 4.69) is 0 Å². The van der Waals surface area contributed by atoms with Gasteiger partial charge in [0.1, 0.15) is 28.6 Å². The molecular weight excluding hydrogens is 356 g/mol. The first-order chi connectivity index (χ1) is 13.3. The van der Waals surface area contributed by atoms with E-state index < -0.39 is 0 Å². The van der Waals surface area contributed by atoms with E-state index in [9.17, 15) is 15.0 Å². The van der Waals surface area contributed by atoms with Crippen LogP contribution in [0.15, 0.2) is 45.6 Å². The van der Waals surface area contributed by atoms with Crippen molar-refractivity contribution in [3.8, 4) is 17.2 Å². The zero-order chi connectivity index (χ0) is 20.2. The molecule has 0 aliphatic rings. The number of hydrogen-bond acceptors (Lipinski definition) is 5. The van der Waals surface area contributed by atoms with E-state index in [1.165, 1.54) is 13.2 Å². The van der Waals surface area contributed by atoms with E-state index in [1.54, 1.807) is 6.07 Å². The number of fused-ring (bicyclic) bond motifs is 4. The minimum atomic E-state index is -0.280. The summed E-state index contributed by atoms with van der Waals surface area (Å²) < 4.78 is 11.9. The molecule has 0 saturated heterocycles. The minimum Gasteiger partial charge on any atom is -0.507 e. The summed E-state index contributed by atoms with van der Waals surface area (Å²) in [6.07, 6.45) is 1.90. The predicted octanol–water partition coefficient (Wildman–Crippen LogP) is 5.25. The number of allylic oxidation sites excluding steroid dienone is 2. The van der Waals surface area contributed by atoms with E-state index in [1.807, 2.05) is 39.0 Å². The SMILES string of the molecule is C/C=C(\C)c1cc(O)c2c(C)cc3cc4cc(=O)cc(O)c4c(OC)c3c2o1. The van der Waals surface area contributed by atoms with Gasteiger partial charge in [-0.3, -0.25) is 4.79 Å². The molecule has 0 atom stereocenters. The van der Waals surface area contributed by atoms with Gasteiger partial charge in [-0.1, -0.05) is 12.1 Å². The minimum absolute atomic E-state index is 0.109. The molecule has 4 aromatic rings. The van der Waals surface area contributed by atoms with Gasteiger partial charge in [0.2, 0.25) is 0 Å². The number of rotatable bonds is 2. The zero-order valence-corrected chi connectivity index (χ0v) is 16.1. The lowest BCUT2D eigenvalue weighted by Crippen LogP contribution is -1.98. The van der Waals surface area contributed by atoms with Crippen molar-refractivity contribution in [3.05, 3.63) is 58.0 Å². The molecule has 0 aliphatic heterocycles.